The van der Waals surface area contributed by atoms with E-state index < -0.39 is 0 Å². The predicted molar refractivity (Wildman–Crippen MR) is 114 cm³/mol. The molecule has 30 heavy (non-hydrogen) atoms. The van der Waals surface area contributed by atoms with Gasteiger partial charge >= 0.3 is 0 Å². The van der Waals surface area contributed by atoms with Crippen molar-refractivity contribution < 1.29 is 19.0 Å². The first-order chi connectivity index (χ1) is 14.5. The summed E-state index contributed by atoms with van der Waals surface area (Å²) in [6.45, 7) is 7.16. The number of rotatable bonds is 5. The zero-order chi connectivity index (χ0) is 21.1. The van der Waals surface area contributed by atoms with E-state index in [1.165, 1.54) is 0 Å². The van der Waals surface area contributed by atoms with E-state index in [0.717, 1.165) is 30.0 Å². The van der Waals surface area contributed by atoms with Gasteiger partial charge in [0.2, 0.25) is 5.91 Å². The van der Waals surface area contributed by atoms with Gasteiger partial charge in [-0.3, -0.25) is 4.79 Å². The molecule has 0 aliphatic carbocycles. The smallest absolute Gasteiger partial charge is 0.224 e. The highest BCUT2D eigenvalue weighted by molar-refractivity contribution is 6.32. The number of aromatic nitrogens is 1. The van der Waals surface area contributed by atoms with Gasteiger partial charge in [-0.1, -0.05) is 17.7 Å². The molecule has 4 rings (SSSR count). The topological polar surface area (TPSA) is 72.9 Å². The molecular formula is C22H26ClN3O4. The van der Waals surface area contributed by atoms with Crippen molar-refractivity contribution >= 4 is 23.3 Å². The Balaban J connectivity index is 1.31. The number of anilines is 1. The third-order valence-electron chi connectivity index (χ3n) is 5.06. The number of hydrogen-bond acceptors (Lipinski definition) is 6. The number of nitrogens with one attached hydrogen (secondary N) is 1. The molecular weight excluding hydrogens is 406 g/mol. The highest BCUT2D eigenvalue weighted by atomic mass is 35.5. The largest absolute Gasteiger partial charge is 0.486 e. The van der Waals surface area contributed by atoms with Gasteiger partial charge in [0, 0.05) is 25.8 Å². The number of carbonyl (C=O) groups is 1. The number of ether oxygens (including phenoxy) is 3. The van der Waals surface area contributed by atoms with E-state index in [0.29, 0.717) is 36.3 Å². The van der Waals surface area contributed by atoms with Crippen molar-refractivity contribution in [1.29, 1.82) is 0 Å². The molecule has 2 aromatic rings. The predicted octanol–water partition coefficient (Wildman–Crippen LogP) is 2.98. The number of halogens is 1. The molecule has 0 bridgehead atoms. The monoisotopic (exact) mass is 431 g/mol. The quantitative estimate of drug-likeness (QED) is 0.784. The molecule has 2 aliphatic rings. The molecule has 1 aromatic heterocycles. The number of pyridine rings is 1. The van der Waals surface area contributed by atoms with Gasteiger partial charge in [-0.05, 0) is 43.2 Å². The standard InChI is InChI=1S/C22H26ClN3O4/c1-14-12-26(13-15(2)30-14)20-4-3-16(10-24-20)11-25-21(27)9-17-7-18(23)22-19(8-17)28-5-6-29-22/h3-4,7-8,10,14-15H,5-6,9,11-13H2,1-2H3,(H,25,27). The number of morpholine rings is 1. The summed E-state index contributed by atoms with van der Waals surface area (Å²) in [5.41, 5.74) is 1.73. The minimum Gasteiger partial charge on any atom is -0.486 e. The van der Waals surface area contributed by atoms with Gasteiger partial charge in [0.05, 0.1) is 23.7 Å². The Hall–Kier alpha value is -2.51. The lowest BCUT2D eigenvalue weighted by atomic mass is 10.1. The molecule has 0 spiro atoms. The zero-order valence-electron chi connectivity index (χ0n) is 17.2. The Morgan fingerprint density at radius 3 is 2.67 bits per heavy atom. The van der Waals surface area contributed by atoms with Crippen LogP contribution in [0.15, 0.2) is 30.5 Å². The highest BCUT2D eigenvalue weighted by Crippen LogP contribution is 2.38. The molecule has 2 aliphatic heterocycles. The van der Waals surface area contributed by atoms with Crippen molar-refractivity contribution in [1.82, 2.24) is 10.3 Å². The van der Waals surface area contributed by atoms with Crippen molar-refractivity contribution in [2.45, 2.75) is 39.0 Å². The average Bonchev–Trinajstić information content (AvgIpc) is 2.72. The molecule has 7 nitrogen and oxygen atoms in total. The van der Waals surface area contributed by atoms with E-state index in [1.54, 1.807) is 18.3 Å². The van der Waals surface area contributed by atoms with Crippen LogP contribution in [0, 0.1) is 0 Å². The molecule has 1 saturated heterocycles. The highest BCUT2D eigenvalue weighted by Gasteiger charge is 2.23. The fourth-order valence-corrected chi connectivity index (χ4v) is 4.08. The van der Waals surface area contributed by atoms with E-state index in [4.69, 9.17) is 25.8 Å². The lowest BCUT2D eigenvalue weighted by Crippen LogP contribution is -2.45. The molecule has 2 atom stereocenters. The van der Waals surface area contributed by atoms with Crippen LogP contribution in [0.3, 0.4) is 0 Å². The van der Waals surface area contributed by atoms with Crippen LogP contribution in [0.5, 0.6) is 11.5 Å². The Bertz CT molecular complexity index is 896. The van der Waals surface area contributed by atoms with E-state index in [2.05, 4.69) is 29.0 Å². The summed E-state index contributed by atoms with van der Waals surface area (Å²) in [6.07, 6.45) is 2.39. The summed E-state index contributed by atoms with van der Waals surface area (Å²) in [5.74, 6) is 1.96. The number of fused-ring (bicyclic) bond motifs is 1. The van der Waals surface area contributed by atoms with Crippen LogP contribution in [0.1, 0.15) is 25.0 Å². The normalized spacial score (nSPS) is 20.7. The molecule has 1 amide bonds. The third kappa shape index (κ3) is 4.96. The molecule has 1 aromatic carbocycles. The van der Waals surface area contributed by atoms with Crippen LogP contribution in [-0.2, 0) is 22.5 Å². The van der Waals surface area contributed by atoms with Crippen molar-refractivity contribution in [3.8, 4) is 11.5 Å². The number of carbonyl (C=O) groups excluding carboxylic acids is 1. The summed E-state index contributed by atoms with van der Waals surface area (Å²) in [5, 5.41) is 3.39. The van der Waals surface area contributed by atoms with Crippen LogP contribution < -0.4 is 19.7 Å². The van der Waals surface area contributed by atoms with Crippen molar-refractivity contribution in [2.75, 3.05) is 31.2 Å². The third-order valence-corrected chi connectivity index (χ3v) is 5.34. The SMILES string of the molecule is CC1CN(c2ccc(CNC(=O)Cc3cc(Cl)c4c(c3)OCCO4)cn2)CC(C)O1. The average molecular weight is 432 g/mol. The Kier molecular flexibility index (Phi) is 6.29. The Morgan fingerprint density at radius 1 is 1.17 bits per heavy atom. The van der Waals surface area contributed by atoms with E-state index in [-0.39, 0.29) is 24.5 Å². The molecule has 3 heterocycles. The van der Waals surface area contributed by atoms with Crippen molar-refractivity contribution in [3.63, 3.8) is 0 Å². The van der Waals surface area contributed by atoms with Gasteiger partial charge in [-0.25, -0.2) is 4.98 Å². The van der Waals surface area contributed by atoms with Crippen LogP contribution >= 0.6 is 11.6 Å². The maximum Gasteiger partial charge on any atom is 0.224 e. The molecule has 8 heteroatoms. The molecule has 160 valence electrons. The number of amides is 1. The van der Waals surface area contributed by atoms with Gasteiger partial charge in [-0.2, -0.15) is 0 Å². The van der Waals surface area contributed by atoms with E-state index >= 15 is 0 Å². The summed E-state index contributed by atoms with van der Waals surface area (Å²) in [7, 11) is 0. The second-order valence-electron chi connectivity index (χ2n) is 7.74. The first kappa shape index (κ1) is 20.8. The van der Waals surface area contributed by atoms with Crippen LogP contribution in [0.25, 0.3) is 0 Å². The number of benzene rings is 1. The first-order valence-electron chi connectivity index (χ1n) is 10.2. The number of hydrogen-bond donors (Lipinski definition) is 1. The van der Waals surface area contributed by atoms with Crippen LogP contribution in [0.2, 0.25) is 5.02 Å². The maximum absolute atomic E-state index is 12.4. The van der Waals surface area contributed by atoms with E-state index in [9.17, 15) is 4.79 Å². The number of nitrogens with zero attached hydrogens (tertiary/aromatic N) is 2. The molecule has 1 N–H and O–H groups in total. The van der Waals surface area contributed by atoms with Crippen molar-refractivity contribution in [2.24, 2.45) is 0 Å². The maximum atomic E-state index is 12.4. The second-order valence-corrected chi connectivity index (χ2v) is 8.15. The molecule has 2 unspecified atom stereocenters. The fourth-order valence-electron chi connectivity index (χ4n) is 3.79. The minimum atomic E-state index is -0.0948. The van der Waals surface area contributed by atoms with Gasteiger partial charge in [0.1, 0.15) is 19.0 Å². The summed E-state index contributed by atoms with van der Waals surface area (Å²) in [6, 6.07) is 7.54. The van der Waals surface area contributed by atoms with Crippen LogP contribution in [-0.4, -0.2) is 49.4 Å². The Morgan fingerprint density at radius 2 is 1.93 bits per heavy atom. The summed E-state index contributed by atoms with van der Waals surface area (Å²) in [4.78, 5) is 19.2. The van der Waals surface area contributed by atoms with Gasteiger partial charge < -0.3 is 24.4 Å². The Labute approximate surface area is 181 Å². The van der Waals surface area contributed by atoms with Gasteiger partial charge in [0.15, 0.2) is 11.5 Å². The lowest BCUT2D eigenvalue weighted by Gasteiger charge is -2.36. The summed E-state index contributed by atoms with van der Waals surface area (Å²) < 4.78 is 16.9. The van der Waals surface area contributed by atoms with Crippen LogP contribution in [0.4, 0.5) is 5.82 Å². The molecule has 0 saturated carbocycles. The second kappa shape index (κ2) is 9.10. The van der Waals surface area contributed by atoms with Gasteiger partial charge in [0.25, 0.3) is 0 Å². The first-order valence-corrected chi connectivity index (χ1v) is 10.6. The zero-order valence-corrected chi connectivity index (χ0v) is 17.9. The minimum absolute atomic E-state index is 0.0948. The van der Waals surface area contributed by atoms with E-state index in [1.807, 2.05) is 12.1 Å². The van der Waals surface area contributed by atoms with Gasteiger partial charge in [-0.15, -0.1) is 0 Å². The molecule has 0 radical (unpaired) electrons. The lowest BCUT2D eigenvalue weighted by molar-refractivity contribution is -0.120. The summed E-state index contributed by atoms with van der Waals surface area (Å²) >= 11 is 6.24. The molecule has 1 fully saturated rings. The fraction of sp³-hybridized carbons (Fsp3) is 0.455. The van der Waals surface area contributed by atoms with Crippen molar-refractivity contribution in [3.05, 3.63) is 46.6 Å².